The smallest absolute Gasteiger partial charge is 0.351 e. The van der Waals surface area contributed by atoms with Gasteiger partial charge in [0.25, 0.3) is 0 Å². The third-order valence-corrected chi connectivity index (χ3v) is 2.68. The van der Waals surface area contributed by atoms with Crippen LogP contribution in [0.15, 0.2) is 23.0 Å². The fraction of sp³-hybridized carbons (Fsp3) is 0.250. The molecule has 90 valence electrons. The van der Waals surface area contributed by atoms with Gasteiger partial charge in [-0.1, -0.05) is 11.6 Å². The maximum atomic E-state index is 12.7. The number of hydrogen-bond acceptors (Lipinski definition) is 1. The zero-order valence-electron chi connectivity index (χ0n) is 9.27. The molecule has 5 heteroatoms. The molecule has 0 bridgehead atoms. The van der Waals surface area contributed by atoms with Gasteiger partial charge in [-0.25, -0.2) is 0 Å². The predicted octanol–water partition coefficient (Wildman–Crippen LogP) is 3.16. The van der Waals surface area contributed by atoms with Crippen molar-refractivity contribution in [3.8, 4) is 0 Å². The molecule has 1 aromatic carbocycles. The van der Waals surface area contributed by atoms with Crippen LogP contribution in [0.4, 0.5) is 13.2 Å². The molecule has 0 aliphatic rings. The summed E-state index contributed by atoms with van der Waals surface area (Å²) in [5, 5.41) is 0.288. The molecule has 1 N–H and O–H groups in total. The van der Waals surface area contributed by atoms with Crippen molar-refractivity contribution in [3.63, 3.8) is 0 Å². The first-order valence-corrected chi connectivity index (χ1v) is 5.01. The quantitative estimate of drug-likeness (QED) is 0.755. The fourth-order valence-corrected chi connectivity index (χ4v) is 1.78. The summed E-state index contributed by atoms with van der Waals surface area (Å²) < 4.78 is 38.0. The molecule has 0 aliphatic heterocycles. The Hall–Kier alpha value is -1.78. The van der Waals surface area contributed by atoms with Gasteiger partial charge >= 0.3 is 6.18 Å². The van der Waals surface area contributed by atoms with Crippen molar-refractivity contribution in [3.05, 3.63) is 45.2 Å². The van der Waals surface area contributed by atoms with Gasteiger partial charge < -0.3 is 4.98 Å². The minimum absolute atomic E-state index is 0.207. The van der Waals surface area contributed by atoms with Crippen LogP contribution in [0, 0.1) is 13.8 Å². The zero-order valence-corrected chi connectivity index (χ0v) is 9.27. The van der Waals surface area contributed by atoms with Crippen LogP contribution in [0.5, 0.6) is 0 Å². The summed E-state index contributed by atoms with van der Waals surface area (Å²) in [5.74, 6) is 0. The van der Waals surface area contributed by atoms with Crippen molar-refractivity contribution >= 4 is 10.9 Å². The van der Waals surface area contributed by atoms with Crippen molar-refractivity contribution in [1.29, 1.82) is 0 Å². The number of pyridine rings is 1. The Morgan fingerprint density at radius 2 is 1.82 bits per heavy atom. The third-order valence-electron chi connectivity index (χ3n) is 2.68. The Kier molecular flexibility index (Phi) is 2.49. The van der Waals surface area contributed by atoms with Crippen molar-refractivity contribution in [2.24, 2.45) is 0 Å². The number of benzene rings is 1. The number of fused-ring (bicyclic) bond motifs is 1. The van der Waals surface area contributed by atoms with Gasteiger partial charge in [-0.05, 0) is 26.0 Å². The van der Waals surface area contributed by atoms with Crippen molar-refractivity contribution in [2.75, 3.05) is 0 Å². The first-order chi connectivity index (χ1) is 7.80. The molecule has 0 unspecified atom stereocenters. The number of aromatic amines is 1. The number of nitrogens with one attached hydrogen (secondary N) is 1. The third kappa shape index (κ3) is 1.92. The van der Waals surface area contributed by atoms with E-state index in [9.17, 15) is 18.0 Å². The van der Waals surface area contributed by atoms with E-state index in [1.807, 2.05) is 0 Å². The fourth-order valence-electron chi connectivity index (χ4n) is 1.78. The van der Waals surface area contributed by atoms with Crippen LogP contribution < -0.4 is 5.43 Å². The SMILES string of the molecule is Cc1ccc2[nH]c(C(F)(F)F)c(C)c(=O)c2c1. The van der Waals surface area contributed by atoms with Gasteiger partial charge in [-0.15, -0.1) is 0 Å². The molecule has 2 nitrogen and oxygen atoms in total. The number of rotatable bonds is 0. The summed E-state index contributed by atoms with van der Waals surface area (Å²) in [4.78, 5) is 14.1. The van der Waals surface area contributed by atoms with Gasteiger partial charge in [0.15, 0.2) is 5.43 Å². The number of hydrogen-bond donors (Lipinski definition) is 1. The van der Waals surface area contributed by atoms with Crippen LogP contribution in [0.25, 0.3) is 10.9 Å². The van der Waals surface area contributed by atoms with Crippen LogP contribution in [0.3, 0.4) is 0 Å². The summed E-state index contributed by atoms with van der Waals surface area (Å²) in [6.45, 7) is 2.97. The van der Waals surface area contributed by atoms with Crippen LogP contribution in [-0.4, -0.2) is 4.98 Å². The number of H-pyrrole nitrogens is 1. The lowest BCUT2D eigenvalue weighted by molar-refractivity contribution is -0.141. The van der Waals surface area contributed by atoms with Gasteiger partial charge in [0, 0.05) is 16.5 Å². The second-order valence-corrected chi connectivity index (χ2v) is 4.00. The van der Waals surface area contributed by atoms with Crippen molar-refractivity contribution < 1.29 is 13.2 Å². The molecular formula is C12H10F3NO. The maximum absolute atomic E-state index is 12.7. The molecule has 0 amide bonds. The van der Waals surface area contributed by atoms with Crippen molar-refractivity contribution in [1.82, 2.24) is 4.98 Å². The highest BCUT2D eigenvalue weighted by Crippen LogP contribution is 2.30. The van der Waals surface area contributed by atoms with Crippen LogP contribution in [0.1, 0.15) is 16.8 Å². The largest absolute Gasteiger partial charge is 0.431 e. The minimum Gasteiger partial charge on any atom is -0.351 e. The first kappa shape index (κ1) is 11.7. The second-order valence-electron chi connectivity index (χ2n) is 4.00. The highest BCUT2D eigenvalue weighted by Gasteiger charge is 2.34. The van der Waals surface area contributed by atoms with E-state index in [0.29, 0.717) is 0 Å². The minimum atomic E-state index is -4.54. The summed E-state index contributed by atoms with van der Waals surface area (Å²) in [6.07, 6.45) is -4.54. The standard InChI is InChI=1S/C12H10F3NO/c1-6-3-4-9-8(5-6)10(17)7(2)11(16-9)12(13,14)15/h3-5H,1-2H3,(H,16,17). The molecule has 17 heavy (non-hydrogen) atoms. The molecule has 0 aliphatic carbocycles. The van der Waals surface area contributed by atoms with Gasteiger partial charge in [0.05, 0.1) is 0 Å². The van der Waals surface area contributed by atoms with Crippen LogP contribution in [0.2, 0.25) is 0 Å². The molecule has 0 saturated carbocycles. The molecule has 1 heterocycles. The normalized spacial score (nSPS) is 12.1. The number of halogens is 3. The van der Waals surface area contributed by atoms with Crippen LogP contribution in [-0.2, 0) is 6.18 Å². The lowest BCUT2D eigenvalue weighted by Gasteiger charge is -2.11. The van der Waals surface area contributed by atoms with E-state index in [4.69, 9.17) is 0 Å². The molecule has 0 saturated heterocycles. The molecule has 0 atom stereocenters. The van der Waals surface area contributed by atoms with E-state index < -0.39 is 17.3 Å². The van der Waals surface area contributed by atoms with Gasteiger partial charge in [-0.2, -0.15) is 13.2 Å². The topological polar surface area (TPSA) is 32.9 Å². The van der Waals surface area contributed by atoms with E-state index in [1.54, 1.807) is 19.1 Å². The van der Waals surface area contributed by atoms with Gasteiger partial charge in [0.2, 0.25) is 0 Å². The van der Waals surface area contributed by atoms with Crippen LogP contribution >= 0.6 is 0 Å². The van der Waals surface area contributed by atoms with Gasteiger partial charge in [0.1, 0.15) is 5.69 Å². The highest BCUT2D eigenvalue weighted by molar-refractivity contribution is 5.80. The molecule has 0 fully saturated rings. The number of aromatic nitrogens is 1. The van der Waals surface area contributed by atoms with Crippen molar-refractivity contribution in [2.45, 2.75) is 20.0 Å². The zero-order chi connectivity index (χ0) is 12.8. The summed E-state index contributed by atoms with van der Waals surface area (Å²) in [6, 6.07) is 4.73. The Balaban J connectivity index is 2.90. The van der Waals surface area contributed by atoms with Gasteiger partial charge in [-0.3, -0.25) is 4.79 Å². The highest BCUT2D eigenvalue weighted by atomic mass is 19.4. The molecule has 0 spiro atoms. The summed E-state index contributed by atoms with van der Waals surface area (Å²) in [5.41, 5.74) is -0.801. The predicted molar refractivity (Wildman–Crippen MR) is 59.0 cm³/mol. The second kappa shape index (κ2) is 3.61. The number of alkyl halides is 3. The Bertz CT molecular complexity index is 640. The molecular weight excluding hydrogens is 231 g/mol. The average molecular weight is 241 g/mol. The lowest BCUT2D eigenvalue weighted by atomic mass is 10.1. The molecule has 2 rings (SSSR count). The summed E-state index contributed by atoms with van der Waals surface area (Å²) >= 11 is 0. The average Bonchev–Trinajstić information content (AvgIpc) is 2.22. The van der Waals surface area contributed by atoms with E-state index in [0.717, 1.165) is 5.56 Å². The Labute approximate surface area is 95.1 Å². The van der Waals surface area contributed by atoms with E-state index in [-0.39, 0.29) is 16.5 Å². The molecule has 0 radical (unpaired) electrons. The first-order valence-electron chi connectivity index (χ1n) is 5.01. The Morgan fingerprint density at radius 1 is 1.18 bits per heavy atom. The molecule has 1 aromatic heterocycles. The Morgan fingerprint density at radius 3 is 2.41 bits per heavy atom. The van der Waals surface area contributed by atoms with E-state index in [1.165, 1.54) is 13.0 Å². The lowest BCUT2D eigenvalue weighted by Crippen LogP contribution is -2.18. The van der Waals surface area contributed by atoms with E-state index >= 15 is 0 Å². The maximum Gasteiger partial charge on any atom is 0.431 e. The monoisotopic (exact) mass is 241 g/mol. The molecule has 2 aromatic rings. The number of aryl methyl sites for hydroxylation is 1. The van der Waals surface area contributed by atoms with E-state index in [2.05, 4.69) is 4.98 Å². The summed E-state index contributed by atoms with van der Waals surface area (Å²) in [7, 11) is 0.